The number of rotatable bonds is 1. The van der Waals surface area contributed by atoms with Gasteiger partial charge in [0.2, 0.25) is 0 Å². The molecule has 0 saturated carbocycles. The topological polar surface area (TPSA) is 41.3 Å². The van der Waals surface area contributed by atoms with Gasteiger partial charge in [0.15, 0.2) is 0 Å². The molecule has 2 rings (SSSR count). The van der Waals surface area contributed by atoms with E-state index in [0.29, 0.717) is 6.04 Å². The third-order valence-electron chi connectivity index (χ3n) is 3.38. The quantitative estimate of drug-likeness (QED) is 0.707. The van der Waals surface area contributed by atoms with Crippen LogP contribution in [0.25, 0.3) is 0 Å². The first-order valence-corrected chi connectivity index (χ1v) is 6.02. The van der Waals surface area contributed by atoms with Crippen molar-refractivity contribution in [2.24, 2.45) is 0 Å². The fraction of sp³-hybridized carbons (Fsp3) is 0.538. The maximum Gasteiger partial charge on any atom is 0.0419 e. The van der Waals surface area contributed by atoms with Gasteiger partial charge < -0.3 is 16.0 Å². The predicted octanol–water partition coefficient (Wildman–Crippen LogP) is 1.77. The van der Waals surface area contributed by atoms with Crippen molar-refractivity contribution in [1.82, 2.24) is 5.32 Å². The first kappa shape index (κ1) is 11.3. The van der Waals surface area contributed by atoms with Gasteiger partial charge in [0.1, 0.15) is 0 Å². The van der Waals surface area contributed by atoms with Crippen LogP contribution in [0.2, 0.25) is 0 Å². The van der Waals surface area contributed by atoms with Gasteiger partial charge in [-0.2, -0.15) is 0 Å². The van der Waals surface area contributed by atoms with Crippen molar-refractivity contribution in [3.05, 3.63) is 23.8 Å². The molecule has 3 heteroatoms. The van der Waals surface area contributed by atoms with Gasteiger partial charge in [0.25, 0.3) is 0 Å². The van der Waals surface area contributed by atoms with E-state index in [-0.39, 0.29) is 0 Å². The van der Waals surface area contributed by atoms with E-state index in [9.17, 15) is 0 Å². The smallest absolute Gasteiger partial charge is 0.0419 e. The molecule has 1 unspecified atom stereocenters. The molecule has 1 atom stereocenters. The predicted molar refractivity (Wildman–Crippen MR) is 69.9 cm³/mol. The Balaban J connectivity index is 2.30. The van der Waals surface area contributed by atoms with Crippen molar-refractivity contribution >= 4 is 11.4 Å². The molecular weight excluding hydrogens is 198 g/mol. The first-order valence-electron chi connectivity index (χ1n) is 6.02. The molecule has 88 valence electrons. The Bertz CT molecular complexity index is 362. The number of nitrogens with zero attached hydrogens (tertiary/aromatic N) is 1. The van der Waals surface area contributed by atoms with Gasteiger partial charge in [-0.05, 0) is 44.5 Å². The minimum Gasteiger partial charge on any atom is -0.398 e. The lowest BCUT2D eigenvalue weighted by Crippen LogP contribution is -2.37. The zero-order valence-corrected chi connectivity index (χ0v) is 10.2. The van der Waals surface area contributed by atoms with Crippen LogP contribution in [0.1, 0.15) is 18.9 Å². The fourth-order valence-electron chi connectivity index (χ4n) is 2.33. The monoisotopic (exact) mass is 219 g/mol. The van der Waals surface area contributed by atoms with Crippen molar-refractivity contribution < 1.29 is 0 Å². The molecule has 0 bridgehead atoms. The van der Waals surface area contributed by atoms with E-state index in [1.807, 2.05) is 12.1 Å². The van der Waals surface area contributed by atoms with Gasteiger partial charge in [-0.15, -0.1) is 0 Å². The van der Waals surface area contributed by atoms with Crippen LogP contribution in [-0.4, -0.2) is 25.7 Å². The van der Waals surface area contributed by atoms with E-state index < -0.39 is 0 Å². The Morgan fingerprint density at radius 3 is 3.06 bits per heavy atom. The summed E-state index contributed by atoms with van der Waals surface area (Å²) in [5, 5.41) is 3.46. The summed E-state index contributed by atoms with van der Waals surface area (Å²) < 4.78 is 0. The van der Waals surface area contributed by atoms with Crippen LogP contribution in [0.15, 0.2) is 18.2 Å². The lowest BCUT2D eigenvalue weighted by atomic mass is 10.1. The van der Waals surface area contributed by atoms with Crippen molar-refractivity contribution in [2.45, 2.75) is 26.3 Å². The van der Waals surface area contributed by atoms with Gasteiger partial charge in [0.05, 0.1) is 0 Å². The van der Waals surface area contributed by atoms with Crippen molar-refractivity contribution in [3.63, 3.8) is 0 Å². The fourth-order valence-corrected chi connectivity index (χ4v) is 2.33. The van der Waals surface area contributed by atoms with Gasteiger partial charge in [-0.1, -0.05) is 6.07 Å². The van der Waals surface area contributed by atoms with E-state index in [1.54, 1.807) is 0 Å². The number of nitrogens with two attached hydrogens (primary N) is 1. The number of hydrogen-bond donors (Lipinski definition) is 2. The van der Waals surface area contributed by atoms with Gasteiger partial charge >= 0.3 is 0 Å². The largest absolute Gasteiger partial charge is 0.398 e. The highest BCUT2D eigenvalue weighted by atomic mass is 15.2. The first-order chi connectivity index (χ1) is 7.70. The van der Waals surface area contributed by atoms with Gasteiger partial charge in [-0.25, -0.2) is 0 Å². The van der Waals surface area contributed by atoms with Crippen molar-refractivity contribution in [3.8, 4) is 0 Å². The summed E-state index contributed by atoms with van der Waals surface area (Å²) >= 11 is 0. The molecular formula is C13H21N3. The molecule has 1 aromatic carbocycles. The zero-order chi connectivity index (χ0) is 11.5. The minimum atomic E-state index is 0.531. The van der Waals surface area contributed by atoms with E-state index in [2.05, 4.69) is 30.1 Å². The Labute approximate surface area is 97.6 Å². The second-order valence-electron chi connectivity index (χ2n) is 4.59. The second-order valence-corrected chi connectivity index (χ2v) is 4.59. The maximum atomic E-state index is 5.97. The summed E-state index contributed by atoms with van der Waals surface area (Å²) in [6.07, 6.45) is 1.19. The molecule has 0 aliphatic carbocycles. The van der Waals surface area contributed by atoms with Crippen LogP contribution in [-0.2, 0) is 0 Å². The van der Waals surface area contributed by atoms with Crippen LogP contribution in [0.5, 0.6) is 0 Å². The third-order valence-corrected chi connectivity index (χ3v) is 3.38. The van der Waals surface area contributed by atoms with E-state index in [0.717, 1.165) is 25.3 Å². The number of anilines is 2. The van der Waals surface area contributed by atoms with E-state index in [1.165, 1.54) is 17.7 Å². The van der Waals surface area contributed by atoms with Crippen molar-refractivity contribution in [1.29, 1.82) is 0 Å². The Kier molecular flexibility index (Phi) is 3.34. The Hall–Kier alpha value is -1.22. The summed E-state index contributed by atoms with van der Waals surface area (Å²) in [4.78, 5) is 2.46. The SMILES string of the molecule is Cc1c(N)cccc1N1CCCNCC1C. The van der Waals surface area contributed by atoms with E-state index in [4.69, 9.17) is 5.73 Å². The molecule has 0 spiro atoms. The normalized spacial score (nSPS) is 21.9. The molecule has 1 heterocycles. The van der Waals surface area contributed by atoms with Crippen LogP contribution in [0.4, 0.5) is 11.4 Å². The number of nitrogens with one attached hydrogen (secondary N) is 1. The van der Waals surface area contributed by atoms with Crippen molar-refractivity contribution in [2.75, 3.05) is 30.3 Å². The number of hydrogen-bond acceptors (Lipinski definition) is 3. The van der Waals surface area contributed by atoms with Crippen LogP contribution >= 0.6 is 0 Å². The lowest BCUT2D eigenvalue weighted by molar-refractivity contribution is 0.629. The highest BCUT2D eigenvalue weighted by Gasteiger charge is 2.18. The summed E-state index contributed by atoms with van der Waals surface area (Å²) in [5.41, 5.74) is 9.35. The number of nitrogen functional groups attached to an aromatic ring is 1. The Morgan fingerprint density at radius 2 is 2.25 bits per heavy atom. The summed E-state index contributed by atoms with van der Waals surface area (Å²) in [5.74, 6) is 0. The second kappa shape index (κ2) is 4.74. The molecule has 0 amide bonds. The third kappa shape index (κ3) is 2.14. The molecule has 1 saturated heterocycles. The van der Waals surface area contributed by atoms with Crippen LogP contribution < -0.4 is 16.0 Å². The molecule has 0 aromatic heterocycles. The molecule has 1 fully saturated rings. The minimum absolute atomic E-state index is 0.531. The standard InChI is InChI=1S/C13H21N3/c1-10-9-15-7-4-8-16(10)13-6-3-5-12(14)11(13)2/h3,5-6,10,15H,4,7-9,14H2,1-2H3. The highest BCUT2D eigenvalue weighted by Crippen LogP contribution is 2.26. The maximum absolute atomic E-state index is 5.97. The molecule has 1 aliphatic rings. The van der Waals surface area contributed by atoms with E-state index >= 15 is 0 Å². The van der Waals surface area contributed by atoms with Gasteiger partial charge in [0, 0.05) is 30.5 Å². The van der Waals surface area contributed by atoms with Crippen LogP contribution in [0.3, 0.4) is 0 Å². The molecule has 0 radical (unpaired) electrons. The molecule has 1 aromatic rings. The summed E-state index contributed by atoms with van der Waals surface area (Å²) in [6, 6.07) is 6.72. The zero-order valence-electron chi connectivity index (χ0n) is 10.2. The highest BCUT2D eigenvalue weighted by molar-refractivity contribution is 5.64. The summed E-state index contributed by atoms with van der Waals surface area (Å²) in [7, 11) is 0. The molecule has 3 nitrogen and oxygen atoms in total. The van der Waals surface area contributed by atoms with Crippen LogP contribution in [0, 0.1) is 6.92 Å². The van der Waals surface area contributed by atoms with Gasteiger partial charge in [-0.3, -0.25) is 0 Å². The summed E-state index contributed by atoms with van der Waals surface area (Å²) in [6.45, 7) is 7.64. The molecule has 16 heavy (non-hydrogen) atoms. The molecule has 3 N–H and O–H groups in total. The average Bonchev–Trinajstić information content (AvgIpc) is 2.47. The molecule has 1 aliphatic heterocycles. The number of benzene rings is 1. The lowest BCUT2D eigenvalue weighted by Gasteiger charge is -2.31. The Morgan fingerprint density at radius 1 is 1.44 bits per heavy atom. The average molecular weight is 219 g/mol.